The van der Waals surface area contributed by atoms with Gasteiger partial charge in [-0.2, -0.15) is 0 Å². The molecule has 0 radical (unpaired) electrons. The van der Waals surface area contributed by atoms with E-state index in [-0.39, 0.29) is 12.5 Å². The minimum absolute atomic E-state index is 0.230. The number of piperidine rings is 1. The Morgan fingerprint density at radius 2 is 2.00 bits per heavy atom. The molecule has 0 aliphatic carbocycles. The minimum atomic E-state index is -0.413. The van der Waals surface area contributed by atoms with Crippen LogP contribution in [0.3, 0.4) is 0 Å². The number of rotatable bonds is 4. The van der Waals surface area contributed by atoms with E-state index < -0.39 is 5.54 Å². The second-order valence-electron chi connectivity index (χ2n) is 6.57. The Labute approximate surface area is 122 Å². The third-order valence-electron chi connectivity index (χ3n) is 4.77. The van der Waals surface area contributed by atoms with Crippen LogP contribution in [0.25, 0.3) is 0 Å². The predicted molar refractivity (Wildman–Crippen MR) is 79.5 cm³/mol. The summed E-state index contributed by atoms with van der Waals surface area (Å²) < 4.78 is 0. The van der Waals surface area contributed by atoms with E-state index in [1.807, 2.05) is 4.90 Å². The summed E-state index contributed by atoms with van der Waals surface area (Å²) in [7, 11) is 0. The maximum atomic E-state index is 12.9. The van der Waals surface area contributed by atoms with Gasteiger partial charge in [-0.05, 0) is 39.0 Å². The van der Waals surface area contributed by atoms with Gasteiger partial charge in [0.25, 0.3) is 0 Å². The minimum Gasteiger partial charge on any atom is -0.396 e. The zero-order chi connectivity index (χ0) is 14.6. The lowest BCUT2D eigenvalue weighted by Gasteiger charge is -2.44. The molecule has 2 saturated heterocycles. The number of likely N-dealkylation sites (tertiary alicyclic amines) is 1. The monoisotopic (exact) mass is 283 g/mol. The van der Waals surface area contributed by atoms with E-state index in [2.05, 4.69) is 24.1 Å². The fourth-order valence-corrected chi connectivity index (χ4v) is 3.41. The highest BCUT2D eigenvalue weighted by molar-refractivity contribution is 5.85. The van der Waals surface area contributed by atoms with Gasteiger partial charge in [-0.25, -0.2) is 0 Å². The summed E-state index contributed by atoms with van der Waals surface area (Å²) in [6.45, 7) is 9.82. The summed E-state index contributed by atoms with van der Waals surface area (Å²) in [5, 5.41) is 12.4. The molecule has 5 nitrogen and oxygen atoms in total. The molecular weight excluding hydrogens is 254 g/mol. The van der Waals surface area contributed by atoms with Gasteiger partial charge in [-0.15, -0.1) is 0 Å². The molecule has 2 fully saturated rings. The lowest BCUT2D eigenvalue weighted by atomic mass is 9.92. The quantitative estimate of drug-likeness (QED) is 0.779. The van der Waals surface area contributed by atoms with E-state index in [0.717, 1.165) is 58.5 Å². The van der Waals surface area contributed by atoms with Crippen molar-refractivity contribution in [2.75, 3.05) is 45.9 Å². The number of piperazine rings is 1. The molecule has 0 aromatic rings. The number of nitrogens with zero attached hydrogens (tertiary/aromatic N) is 2. The number of amides is 1. The largest absolute Gasteiger partial charge is 0.396 e. The summed E-state index contributed by atoms with van der Waals surface area (Å²) >= 11 is 0. The summed E-state index contributed by atoms with van der Waals surface area (Å²) in [5.41, 5.74) is -0.413. The van der Waals surface area contributed by atoms with Crippen molar-refractivity contribution in [1.82, 2.24) is 15.1 Å². The summed E-state index contributed by atoms with van der Waals surface area (Å²) in [6, 6.07) is 0. The zero-order valence-electron chi connectivity index (χ0n) is 12.9. The van der Waals surface area contributed by atoms with Crippen LogP contribution in [0.1, 0.15) is 33.1 Å². The molecule has 116 valence electrons. The molecule has 0 aromatic carbocycles. The molecular formula is C15H29N3O2. The molecule has 2 rings (SSSR count). The Morgan fingerprint density at radius 3 is 2.65 bits per heavy atom. The molecule has 0 bridgehead atoms. The van der Waals surface area contributed by atoms with Gasteiger partial charge in [-0.1, -0.05) is 0 Å². The fraction of sp³-hybridized carbons (Fsp3) is 0.933. The first-order valence-corrected chi connectivity index (χ1v) is 7.91. The highest BCUT2D eigenvalue weighted by Gasteiger charge is 2.39. The van der Waals surface area contributed by atoms with Crippen LogP contribution in [0, 0.1) is 5.92 Å². The highest BCUT2D eigenvalue weighted by Crippen LogP contribution is 2.24. The van der Waals surface area contributed by atoms with Crippen molar-refractivity contribution in [3.63, 3.8) is 0 Å². The van der Waals surface area contributed by atoms with E-state index in [4.69, 9.17) is 5.11 Å². The van der Waals surface area contributed by atoms with Crippen LogP contribution in [-0.4, -0.2) is 72.2 Å². The number of carbonyl (C=O) groups is 1. The van der Waals surface area contributed by atoms with Crippen molar-refractivity contribution < 1.29 is 9.90 Å². The topological polar surface area (TPSA) is 55.8 Å². The van der Waals surface area contributed by atoms with Crippen LogP contribution < -0.4 is 5.32 Å². The van der Waals surface area contributed by atoms with Gasteiger partial charge in [0, 0.05) is 45.9 Å². The van der Waals surface area contributed by atoms with Crippen molar-refractivity contribution in [2.24, 2.45) is 5.92 Å². The Morgan fingerprint density at radius 1 is 1.30 bits per heavy atom. The van der Waals surface area contributed by atoms with Gasteiger partial charge < -0.3 is 15.3 Å². The van der Waals surface area contributed by atoms with Crippen LogP contribution in [0.2, 0.25) is 0 Å². The number of aliphatic hydroxyl groups is 1. The van der Waals surface area contributed by atoms with Crippen molar-refractivity contribution >= 4 is 5.91 Å². The van der Waals surface area contributed by atoms with Crippen LogP contribution in [0.5, 0.6) is 0 Å². The normalized spacial score (nSPS) is 25.8. The third-order valence-corrected chi connectivity index (χ3v) is 4.77. The standard InChI is InChI=1S/C15H29N3O2/c1-15(2,18-9-6-16-7-10-18)14(20)17-8-3-4-13(12-17)5-11-19/h13,16,19H,3-12H2,1-2H3. The van der Waals surface area contributed by atoms with E-state index in [0.29, 0.717) is 5.92 Å². The number of carbonyl (C=O) groups excluding carboxylic acids is 1. The maximum Gasteiger partial charge on any atom is 0.242 e. The first kappa shape index (κ1) is 15.7. The average molecular weight is 283 g/mol. The molecule has 2 aliphatic rings. The van der Waals surface area contributed by atoms with Crippen LogP contribution in [-0.2, 0) is 4.79 Å². The molecule has 1 amide bonds. The SMILES string of the molecule is CC(C)(C(=O)N1CCCC(CCO)C1)N1CCNCC1. The molecule has 1 atom stereocenters. The lowest BCUT2D eigenvalue weighted by molar-refractivity contribution is -0.145. The van der Waals surface area contributed by atoms with E-state index in [9.17, 15) is 4.79 Å². The zero-order valence-corrected chi connectivity index (χ0v) is 12.9. The molecule has 1 unspecified atom stereocenters. The van der Waals surface area contributed by atoms with E-state index >= 15 is 0 Å². The Balaban J connectivity index is 1.97. The Kier molecular flexibility index (Phi) is 5.41. The predicted octanol–water partition coefficient (Wildman–Crippen LogP) is 0.291. The van der Waals surface area contributed by atoms with Crippen molar-refractivity contribution in [1.29, 1.82) is 0 Å². The van der Waals surface area contributed by atoms with E-state index in [1.54, 1.807) is 0 Å². The van der Waals surface area contributed by atoms with E-state index in [1.165, 1.54) is 0 Å². The van der Waals surface area contributed by atoms with Crippen LogP contribution in [0.4, 0.5) is 0 Å². The van der Waals surface area contributed by atoms with Crippen molar-refractivity contribution in [3.8, 4) is 0 Å². The third kappa shape index (κ3) is 3.51. The second kappa shape index (κ2) is 6.87. The van der Waals surface area contributed by atoms with Gasteiger partial charge in [0.2, 0.25) is 5.91 Å². The van der Waals surface area contributed by atoms with Gasteiger partial charge in [-0.3, -0.25) is 9.69 Å². The summed E-state index contributed by atoms with van der Waals surface area (Å²) in [5.74, 6) is 0.721. The summed E-state index contributed by atoms with van der Waals surface area (Å²) in [4.78, 5) is 17.2. The number of nitrogens with one attached hydrogen (secondary N) is 1. The molecule has 0 aromatic heterocycles. The average Bonchev–Trinajstić information content (AvgIpc) is 2.48. The van der Waals surface area contributed by atoms with Gasteiger partial charge >= 0.3 is 0 Å². The van der Waals surface area contributed by atoms with Crippen LogP contribution in [0.15, 0.2) is 0 Å². The maximum absolute atomic E-state index is 12.9. The highest BCUT2D eigenvalue weighted by atomic mass is 16.3. The Hall–Kier alpha value is -0.650. The smallest absolute Gasteiger partial charge is 0.242 e. The first-order chi connectivity index (χ1) is 9.55. The van der Waals surface area contributed by atoms with Crippen molar-refractivity contribution in [2.45, 2.75) is 38.6 Å². The lowest BCUT2D eigenvalue weighted by Crippen LogP contribution is -2.61. The van der Waals surface area contributed by atoms with Gasteiger partial charge in [0.1, 0.15) is 0 Å². The molecule has 2 aliphatic heterocycles. The van der Waals surface area contributed by atoms with Gasteiger partial charge in [0.15, 0.2) is 0 Å². The van der Waals surface area contributed by atoms with Crippen molar-refractivity contribution in [3.05, 3.63) is 0 Å². The first-order valence-electron chi connectivity index (χ1n) is 7.91. The molecule has 0 saturated carbocycles. The molecule has 20 heavy (non-hydrogen) atoms. The number of hydrogen-bond donors (Lipinski definition) is 2. The molecule has 2 N–H and O–H groups in total. The molecule has 5 heteroatoms. The molecule has 0 spiro atoms. The molecule has 2 heterocycles. The summed E-state index contributed by atoms with van der Waals surface area (Å²) in [6.07, 6.45) is 3.02. The van der Waals surface area contributed by atoms with Gasteiger partial charge in [0.05, 0.1) is 5.54 Å². The van der Waals surface area contributed by atoms with Crippen LogP contribution >= 0.6 is 0 Å². The Bertz CT molecular complexity index is 325. The number of aliphatic hydroxyl groups excluding tert-OH is 1. The second-order valence-corrected chi connectivity index (χ2v) is 6.57. The fourth-order valence-electron chi connectivity index (χ4n) is 3.41. The number of hydrogen-bond acceptors (Lipinski definition) is 4.